The van der Waals surface area contributed by atoms with Crippen molar-refractivity contribution in [2.24, 2.45) is 5.10 Å². The van der Waals surface area contributed by atoms with Gasteiger partial charge in [0.25, 0.3) is 0 Å². The van der Waals surface area contributed by atoms with Gasteiger partial charge in [0.1, 0.15) is 6.33 Å². The molecule has 2 rings (SSSR count). The molecule has 58 valence electrons. The molecule has 1 aliphatic rings. The van der Waals surface area contributed by atoms with Gasteiger partial charge in [-0.3, -0.25) is 0 Å². The highest BCUT2D eigenvalue weighted by Gasteiger charge is 2.09. The number of aromatic nitrogens is 3. The Morgan fingerprint density at radius 1 is 1.55 bits per heavy atom. The Morgan fingerprint density at radius 3 is 3.00 bits per heavy atom. The first kappa shape index (κ1) is 6.33. The molecule has 2 N–H and O–H groups in total. The maximum absolute atomic E-state index is 4.10. The molecule has 1 heterocycles. The van der Waals surface area contributed by atoms with Crippen molar-refractivity contribution in [3.63, 3.8) is 0 Å². The number of hydrazone groups is 1. The van der Waals surface area contributed by atoms with E-state index in [4.69, 9.17) is 0 Å². The normalized spacial score (nSPS) is 15.8. The number of hydrogen-bond donors (Lipinski definition) is 2. The van der Waals surface area contributed by atoms with Crippen molar-refractivity contribution in [3.05, 3.63) is 6.33 Å². The Kier molecular flexibility index (Phi) is 1.55. The van der Waals surface area contributed by atoms with Crippen molar-refractivity contribution in [1.29, 1.82) is 0 Å². The molecule has 5 heteroatoms. The molecule has 0 spiro atoms. The van der Waals surface area contributed by atoms with Crippen molar-refractivity contribution in [2.75, 3.05) is 5.43 Å². The number of anilines is 1. The van der Waals surface area contributed by atoms with Crippen LogP contribution in [0.2, 0.25) is 0 Å². The summed E-state index contributed by atoms with van der Waals surface area (Å²) in [6.07, 6.45) is 4.93. The minimum Gasteiger partial charge on any atom is -0.246 e. The lowest BCUT2D eigenvalue weighted by Gasteiger charge is -2.13. The van der Waals surface area contributed by atoms with Crippen LogP contribution in [-0.2, 0) is 0 Å². The summed E-state index contributed by atoms with van der Waals surface area (Å²) >= 11 is 0. The first-order chi connectivity index (χ1) is 5.45. The molecule has 1 fully saturated rings. The fraction of sp³-hybridized carbons (Fsp3) is 0.500. The second-order valence-electron chi connectivity index (χ2n) is 2.48. The Labute approximate surface area is 63.9 Å². The lowest BCUT2D eigenvalue weighted by molar-refractivity contribution is 0.797. The van der Waals surface area contributed by atoms with Gasteiger partial charge in [-0.15, -0.1) is 0 Å². The highest BCUT2D eigenvalue weighted by molar-refractivity contribution is 5.89. The summed E-state index contributed by atoms with van der Waals surface area (Å²) in [5.74, 6) is 0.601. The average Bonchev–Trinajstić information content (AvgIpc) is 2.36. The minimum atomic E-state index is 0.601. The first-order valence-corrected chi connectivity index (χ1v) is 3.62. The topological polar surface area (TPSA) is 66.0 Å². The second-order valence-corrected chi connectivity index (χ2v) is 2.48. The fourth-order valence-corrected chi connectivity index (χ4v) is 0.838. The monoisotopic (exact) mass is 151 g/mol. The maximum Gasteiger partial charge on any atom is 0.239 e. The summed E-state index contributed by atoms with van der Waals surface area (Å²) in [7, 11) is 0. The van der Waals surface area contributed by atoms with Crippen LogP contribution in [0.1, 0.15) is 19.3 Å². The number of nitrogens with zero attached hydrogens (tertiary/aromatic N) is 3. The zero-order valence-electron chi connectivity index (χ0n) is 6.04. The third-order valence-corrected chi connectivity index (χ3v) is 1.67. The molecule has 1 aromatic heterocycles. The van der Waals surface area contributed by atoms with Crippen LogP contribution < -0.4 is 5.43 Å². The Hall–Kier alpha value is -1.39. The van der Waals surface area contributed by atoms with E-state index in [0.717, 1.165) is 12.8 Å². The van der Waals surface area contributed by atoms with Gasteiger partial charge >= 0.3 is 0 Å². The van der Waals surface area contributed by atoms with E-state index in [1.54, 1.807) is 0 Å². The lowest BCUT2D eigenvalue weighted by atomic mass is 9.98. The lowest BCUT2D eigenvalue weighted by Crippen LogP contribution is -2.11. The van der Waals surface area contributed by atoms with E-state index in [0.29, 0.717) is 5.95 Å². The van der Waals surface area contributed by atoms with Crippen LogP contribution in [-0.4, -0.2) is 20.9 Å². The number of hydrogen-bond acceptors (Lipinski definition) is 4. The summed E-state index contributed by atoms with van der Waals surface area (Å²) in [4.78, 5) is 3.86. The van der Waals surface area contributed by atoms with Gasteiger partial charge in [0.2, 0.25) is 5.95 Å². The van der Waals surface area contributed by atoms with Gasteiger partial charge in [0.15, 0.2) is 0 Å². The largest absolute Gasteiger partial charge is 0.246 e. The van der Waals surface area contributed by atoms with Gasteiger partial charge in [0.05, 0.1) is 0 Å². The second kappa shape index (κ2) is 2.69. The zero-order chi connectivity index (χ0) is 7.52. The van der Waals surface area contributed by atoms with Crippen LogP contribution in [0.25, 0.3) is 0 Å². The summed E-state index contributed by atoms with van der Waals surface area (Å²) in [5.41, 5.74) is 4.00. The molecule has 0 unspecified atom stereocenters. The Bertz CT molecular complexity index is 244. The van der Waals surface area contributed by atoms with Crippen molar-refractivity contribution < 1.29 is 0 Å². The smallest absolute Gasteiger partial charge is 0.239 e. The van der Waals surface area contributed by atoms with E-state index in [9.17, 15) is 0 Å². The molecule has 0 saturated heterocycles. The Balaban J connectivity index is 1.91. The van der Waals surface area contributed by atoms with Crippen LogP contribution >= 0.6 is 0 Å². The number of rotatable bonds is 2. The molecule has 11 heavy (non-hydrogen) atoms. The number of H-pyrrole nitrogens is 1. The van der Waals surface area contributed by atoms with E-state index >= 15 is 0 Å². The molecule has 1 aliphatic carbocycles. The predicted molar refractivity (Wildman–Crippen MR) is 41.3 cm³/mol. The molecule has 0 radical (unpaired) electrons. The average molecular weight is 151 g/mol. The summed E-state index contributed by atoms with van der Waals surface area (Å²) in [6.45, 7) is 0. The maximum atomic E-state index is 4.10. The van der Waals surface area contributed by atoms with Crippen molar-refractivity contribution in [2.45, 2.75) is 19.3 Å². The van der Waals surface area contributed by atoms with E-state index < -0.39 is 0 Å². The van der Waals surface area contributed by atoms with E-state index in [1.165, 1.54) is 18.5 Å². The molecule has 1 saturated carbocycles. The number of nitrogens with one attached hydrogen (secondary N) is 2. The van der Waals surface area contributed by atoms with Crippen molar-refractivity contribution in [1.82, 2.24) is 15.2 Å². The SMILES string of the molecule is c1n[nH]c(NN=C2CCC2)n1. The predicted octanol–water partition coefficient (Wildman–Crippen LogP) is 0.756. The summed E-state index contributed by atoms with van der Waals surface area (Å²) < 4.78 is 0. The highest BCUT2D eigenvalue weighted by Crippen LogP contribution is 2.14. The van der Waals surface area contributed by atoms with Crippen LogP contribution in [0.4, 0.5) is 5.95 Å². The minimum absolute atomic E-state index is 0.601. The van der Waals surface area contributed by atoms with E-state index in [-0.39, 0.29) is 0 Å². The van der Waals surface area contributed by atoms with Gasteiger partial charge in [-0.2, -0.15) is 15.2 Å². The molecule has 1 aromatic rings. The molecule has 5 nitrogen and oxygen atoms in total. The Morgan fingerprint density at radius 2 is 2.45 bits per heavy atom. The standard InChI is InChI=1S/C6H9N5/c1-2-5(3-1)9-11-6-7-4-8-10-6/h4H,1-3H2,(H2,7,8,10,11). The van der Waals surface area contributed by atoms with Crippen molar-refractivity contribution >= 4 is 11.7 Å². The molecular formula is C6H9N5. The molecule has 0 amide bonds. The molecule has 0 aromatic carbocycles. The van der Waals surface area contributed by atoms with E-state index in [2.05, 4.69) is 25.7 Å². The summed E-state index contributed by atoms with van der Waals surface area (Å²) in [6, 6.07) is 0. The van der Waals surface area contributed by atoms with Gasteiger partial charge in [-0.25, -0.2) is 10.5 Å². The first-order valence-electron chi connectivity index (χ1n) is 3.62. The molecular weight excluding hydrogens is 142 g/mol. The van der Waals surface area contributed by atoms with Crippen LogP contribution in [0.5, 0.6) is 0 Å². The van der Waals surface area contributed by atoms with Crippen LogP contribution in [0, 0.1) is 0 Å². The summed E-state index contributed by atoms with van der Waals surface area (Å²) in [5, 5.41) is 10.4. The zero-order valence-corrected chi connectivity index (χ0v) is 6.04. The van der Waals surface area contributed by atoms with E-state index in [1.807, 2.05) is 0 Å². The third kappa shape index (κ3) is 1.36. The number of aromatic amines is 1. The highest BCUT2D eigenvalue weighted by atomic mass is 15.4. The van der Waals surface area contributed by atoms with Gasteiger partial charge in [0, 0.05) is 5.71 Å². The van der Waals surface area contributed by atoms with Crippen LogP contribution in [0.15, 0.2) is 11.4 Å². The van der Waals surface area contributed by atoms with Crippen molar-refractivity contribution in [3.8, 4) is 0 Å². The fourth-order valence-electron chi connectivity index (χ4n) is 0.838. The van der Waals surface area contributed by atoms with Crippen LogP contribution in [0.3, 0.4) is 0 Å². The van der Waals surface area contributed by atoms with Gasteiger partial charge in [-0.1, -0.05) is 0 Å². The quantitative estimate of drug-likeness (QED) is 0.613. The third-order valence-electron chi connectivity index (χ3n) is 1.67. The van der Waals surface area contributed by atoms with Gasteiger partial charge in [-0.05, 0) is 19.3 Å². The molecule has 0 aliphatic heterocycles. The molecule has 0 bridgehead atoms. The molecule has 0 atom stereocenters. The van der Waals surface area contributed by atoms with Gasteiger partial charge < -0.3 is 0 Å².